The summed E-state index contributed by atoms with van der Waals surface area (Å²) in [4.78, 5) is 7.24. The maximum atomic E-state index is 5.36. The Morgan fingerprint density at radius 1 is 1.35 bits per heavy atom. The van der Waals surface area contributed by atoms with Crippen LogP contribution in [0, 0.1) is 0 Å². The van der Waals surface area contributed by atoms with Crippen LogP contribution in [0.25, 0.3) is 0 Å². The van der Waals surface area contributed by atoms with Gasteiger partial charge in [-0.15, -0.1) is 0 Å². The average Bonchev–Trinajstić information content (AvgIpc) is 3.10. The maximum Gasteiger partial charge on any atom is 0.191 e. The van der Waals surface area contributed by atoms with Crippen molar-refractivity contribution in [1.29, 1.82) is 0 Å². The zero-order valence-electron chi connectivity index (χ0n) is 17.1. The molecular formula is C20H37N5O. The van der Waals surface area contributed by atoms with Gasteiger partial charge < -0.3 is 20.1 Å². The molecule has 0 amide bonds. The van der Waals surface area contributed by atoms with E-state index < -0.39 is 0 Å². The van der Waals surface area contributed by atoms with E-state index in [1.807, 2.05) is 6.07 Å². The van der Waals surface area contributed by atoms with E-state index >= 15 is 0 Å². The molecular weight excluding hydrogens is 326 g/mol. The lowest BCUT2D eigenvalue weighted by Gasteiger charge is -2.33. The first-order valence-corrected chi connectivity index (χ1v) is 10.3. The van der Waals surface area contributed by atoms with Gasteiger partial charge in [-0.05, 0) is 58.5 Å². The van der Waals surface area contributed by atoms with Crippen LogP contribution >= 0.6 is 0 Å². The van der Waals surface area contributed by atoms with Crippen LogP contribution in [-0.4, -0.2) is 48.2 Å². The Kier molecular flexibility index (Phi) is 8.95. The van der Waals surface area contributed by atoms with Gasteiger partial charge in [0.15, 0.2) is 11.7 Å². The van der Waals surface area contributed by atoms with E-state index in [1.165, 1.54) is 38.8 Å². The van der Waals surface area contributed by atoms with Crippen LogP contribution < -0.4 is 10.6 Å². The molecule has 1 atom stereocenters. The molecule has 0 saturated carbocycles. The maximum absolute atomic E-state index is 5.36. The number of hydrogen-bond acceptors (Lipinski definition) is 4. The van der Waals surface area contributed by atoms with Crippen molar-refractivity contribution in [3.8, 4) is 0 Å². The summed E-state index contributed by atoms with van der Waals surface area (Å²) in [5.41, 5.74) is 0.986. The molecule has 1 aromatic rings. The number of aromatic nitrogens is 1. The normalized spacial score (nSPS) is 19.1. The molecule has 0 aromatic carbocycles. The Labute approximate surface area is 158 Å². The van der Waals surface area contributed by atoms with Crippen molar-refractivity contribution in [3.63, 3.8) is 0 Å². The third-order valence-electron chi connectivity index (χ3n) is 5.01. The number of likely N-dealkylation sites (tertiary alicyclic amines) is 1. The quantitative estimate of drug-likeness (QED) is 0.399. The second kappa shape index (κ2) is 11.2. The third-order valence-corrected chi connectivity index (χ3v) is 5.01. The van der Waals surface area contributed by atoms with Crippen molar-refractivity contribution < 1.29 is 4.52 Å². The number of unbranched alkanes of at least 4 members (excludes halogenated alkanes) is 1. The van der Waals surface area contributed by atoms with Crippen LogP contribution in [0.4, 0.5) is 0 Å². The Morgan fingerprint density at radius 3 is 2.88 bits per heavy atom. The van der Waals surface area contributed by atoms with E-state index in [1.54, 1.807) is 0 Å². The van der Waals surface area contributed by atoms with Gasteiger partial charge in [0.05, 0.1) is 5.69 Å². The molecule has 1 aromatic heterocycles. The lowest BCUT2D eigenvalue weighted by atomic mass is 10.0. The van der Waals surface area contributed by atoms with Gasteiger partial charge in [-0.1, -0.05) is 25.4 Å². The Balaban J connectivity index is 1.69. The van der Waals surface area contributed by atoms with Crippen molar-refractivity contribution in [2.75, 3.05) is 26.2 Å². The molecule has 2 heterocycles. The van der Waals surface area contributed by atoms with E-state index in [4.69, 9.17) is 4.52 Å². The lowest BCUT2D eigenvalue weighted by molar-refractivity contribution is 0.158. The van der Waals surface area contributed by atoms with Gasteiger partial charge in [-0.25, -0.2) is 4.99 Å². The van der Waals surface area contributed by atoms with Crippen molar-refractivity contribution in [2.24, 2.45) is 4.99 Å². The number of aliphatic imine (C=N–C) groups is 1. The highest BCUT2D eigenvalue weighted by Crippen LogP contribution is 2.16. The SMILES string of the molecule is CCNC(=NCc1cc(C(C)C)no1)NCCCCN1CCCCC1C. The minimum atomic E-state index is 0.380. The highest BCUT2D eigenvalue weighted by Gasteiger charge is 2.17. The minimum absolute atomic E-state index is 0.380. The van der Waals surface area contributed by atoms with Gasteiger partial charge in [0.1, 0.15) is 6.54 Å². The van der Waals surface area contributed by atoms with Gasteiger partial charge in [0.2, 0.25) is 0 Å². The summed E-state index contributed by atoms with van der Waals surface area (Å²) in [5, 5.41) is 10.8. The summed E-state index contributed by atoms with van der Waals surface area (Å²) in [6.07, 6.45) is 6.51. The fraction of sp³-hybridized carbons (Fsp3) is 0.800. The molecule has 1 aliphatic rings. The largest absolute Gasteiger partial charge is 0.359 e. The Morgan fingerprint density at radius 2 is 2.19 bits per heavy atom. The molecule has 26 heavy (non-hydrogen) atoms. The minimum Gasteiger partial charge on any atom is -0.359 e. The fourth-order valence-electron chi connectivity index (χ4n) is 3.31. The molecule has 0 aliphatic carbocycles. The van der Waals surface area contributed by atoms with E-state index in [0.717, 1.165) is 43.0 Å². The predicted octanol–water partition coefficient (Wildman–Crippen LogP) is 3.51. The van der Waals surface area contributed by atoms with Crippen molar-refractivity contribution in [1.82, 2.24) is 20.7 Å². The summed E-state index contributed by atoms with van der Waals surface area (Å²) >= 11 is 0. The van der Waals surface area contributed by atoms with Gasteiger partial charge in [0, 0.05) is 25.2 Å². The summed E-state index contributed by atoms with van der Waals surface area (Å²) in [7, 11) is 0. The smallest absolute Gasteiger partial charge is 0.191 e. The summed E-state index contributed by atoms with van der Waals surface area (Å²) in [6, 6.07) is 2.76. The number of rotatable bonds is 9. The van der Waals surface area contributed by atoms with E-state index in [0.29, 0.717) is 12.5 Å². The number of piperidine rings is 1. The Hall–Kier alpha value is -1.56. The molecule has 0 radical (unpaired) electrons. The topological polar surface area (TPSA) is 65.7 Å². The van der Waals surface area contributed by atoms with Crippen LogP contribution in [0.1, 0.15) is 77.2 Å². The van der Waals surface area contributed by atoms with Gasteiger partial charge in [-0.3, -0.25) is 0 Å². The van der Waals surface area contributed by atoms with Gasteiger partial charge in [-0.2, -0.15) is 0 Å². The number of hydrogen-bond donors (Lipinski definition) is 2. The standard InChI is InChI=1S/C20H37N5O/c1-5-21-20(23-15-18-14-19(16(2)3)24-26-18)22-11-7-9-13-25-12-8-6-10-17(25)4/h14,16-17H,5-13,15H2,1-4H3,(H2,21,22,23). The first-order valence-electron chi connectivity index (χ1n) is 10.3. The van der Waals surface area contributed by atoms with Gasteiger partial charge in [0.25, 0.3) is 0 Å². The third kappa shape index (κ3) is 6.98. The first-order chi connectivity index (χ1) is 12.6. The zero-order valence-corrected chi connectivity index (χ0v) is 17.1. The number of guanidine groups is 1. The Bertz CT molecular complexity index is 540. The van der Waals surface area contributed by atoms with E-state index in [9.17, 15) is 0 Å². The molecule has 1 aliphatic heterocycles. The predicted molar refractivity (Wildman–Crippen MR) is 108 cm³/mol. The second-order valence-corrected chi connectivity index (χ2v) is 7.58. The molecule has 2 N–H and O–H groups in total. The van der Waals surface area contributed by atoms with Crippen LogP contribution in [0.3, 0.4) is 0 Å². The van der Waals surface area contributed by atoms with Crippen LogP contribution in [0.2, 0.25) is 0 Å². The highest BCUT2D eigenvalue weighted by atomic mass is 16.5. The molecule has 0 bridgehead atoms. The van der Waals surface area contributed by atoms with Gasteiger partial charge >= 0.3 is 0 Å². The van der Waals surface area contributed by atoms with E-state index in [-0.39, 0.29) is 0 Å². The van der Waals surface area contributed by atoms with Crippen LogP contribution in [0.5, 0.6) is 0 Å². The number of nitrogens with one attached hydrogen (secondary N) is 2. The molecule has 1 fully saturated rings. The molecule has 2 rings (SSSR count). The summed E-state index contributed by atoms with van der Waals surface area (Å²) < 4.78 is 5.36. The molecule has 1 unspecified atom stereocenters. The fourth-order valence-corrected chi connectivity index (χ4v) is 3.31. The molecule has 148 valence electrons. The van der Waals surface area contributed by atoms with Crippen molar-refractivity contribution in [2.45, 2.75) is 78.3 Å². The van der Waals surface area contributed by atoms with Crippen molar-refractivity contribution >= 4 is 5.96 Å². The first kappa shape index (κ1) is 20.7. The second-order valence-electron chi connectivity index (χ2n) is 7.58. The molecule has 6 nitrogen and oxygen atoms in total. The zero-order chi connectivity index (χ0) is 18.8. The number of nitrogens with zero attached hydrogens (tertiary/aromatic N) is 3. The molecule has 6 heteroatoms. The molecule has 0 spiro atoms. The average molecular weight is 364 g/mol. The van der Waals surface area contributed by atoms with Crippen LogP contribution in [-0.2, 0) is 6.54 Å². The van der Waals surface area contributed by atoms with Crippen molar-refractivity contribution in [3.05, 3.63) is 17.5 Å². The van der Waals surface area contributed by atoms with E-state index in [2.05, 4.69) is 53.4 Å². The van der Waals surface area contributed by atoms with Crippen LogP contribution in [0.15, 0.2) is 15.6 Å². The monoisotopic (exact) mass is 363 g/mol. The lowest BCUT2D eigenvalue weighted by Crippen LogP contribution is -2.39. The highest BCUT2D eigenvalue weighted by molar-refractivity contribution is 5.79. The summed E-state index contributed by atoms with van der Waals surface area (Å²) in [5.74, 6) is 2.04. The molecule has 1 saturated heterocycles. The summed E-state index contributed by atoms with van der Waals surface area (Å²) in [6.45, 7) is 13.5.